The molecule has 1 N–H and O–H groups in total. The lowest BCUT2D eigenvalue weighted by Crippen LogP contribution is -2.50. The minimum Gasteiger partial charge on any atom is -0.496 e. The molecule has 1 atom stereocenters. The smallest absolute Gasteiger partial charge is 0.133 e. The summed E-state index contributed by atoms with van der Waals surface area (Å²) in [7, 11) is 3.89. The summed E-state index contributed by atoms with van der Waals surface area (Å²) < 4.78 is 6.40. The van der Waals surface area contributed by atoms with Gasteiger partial charge in [0.15, 0.2) is 0 Å². The fourth-order valence-electron chi connectivity index (χ4n) is 5.11. The van der Waals surface area contributed by atoms with Crippen molar-refractivity contribution in [2.24, 2.45) is 11.3 Å². The van der Waals surface area contributed by atoms with E-state index in [0.717, 1.165) is 68.6 Å². The van der Waals surface area contributed by atoms with Crippen molar-refractivity contribution in [1.82, 2.24) is 9.80 Å². The number of aliphatic hydroxyl groups is 1. The van der Waals surface area contributed by atoms with Crippen LogP contribution in [0.3, 0.4) is 0 Å². The van der Waals surface area contributed by atoms with Gasteiger partial charge in [0.25, 0.3) is 0 Å². The molecule has 1 aliphatic heterocycles. The lowest BCUT2D eigenvalue weighted by molar-refractivity contribution is -0.0552. The quantitative estimate of drug-likeness (QED) is 0.678. The van der Waals surface area contributed by atoms with Crippen molar-refractivity contribution in [3.63, 3.8) is 0 Å². The number of hydrogen-bond donors (Lipinski definition) is 1. The highest BCUT2D eigenvalue weighted by molar-refractivity contribution is 9.10. The first-order valence-electron chi connectivity index (χ1n) is 11.1. The zero-order valence-corrected chi connectivity index (χ0v) is 20.5. The number of methoxy groups -OCH3 is 1. The normalized spacial score (nSPS) is 28.3. The average Bonchev–Trinajstić information content (AvgIpc) is 2.67. The number of hydrogen-bond acceptors (Lipinski definition) is 4. The van der Waals surface area contributed by atoms with Gasteiger partial charge in [0, 0.05) is 38.6 Å². The molecule has 1 aliphatic carbocycles. The van der Waals surface area contributed by atoms with Crippen LogP contribution in [0.1, 0.15) is 57.9 Å². The number of likely N-dealkylation sites (N-methyl/N-ethyl adjacent to an activating group) is 1. The highest BCUT2D eigenvalue weighted by Gasteiger charge is 2.44. The van der Waals surface area contributed by atoms with Crippen molar-refractivity contribution in [2.45, 2.75) is 58.0 Å². The summed E-state index contributed by atoms with van der Waals surface area (Å²) >= 11 is 3.66. The Morgan fingerprint density at radius 1 is 1.17 bits per heavy atom. The number of piperazine rings is 1. The molecule has 1 heterocycles. The van der Waals surface area contributed by atoms with Crippen LogP contribution in [-0.4, -0.2) is 67.4 Å². The Hall–Kier alpha value is -0.620. The molecule has 1 unspecified atom stereocenters. The average molecular weight is 467 g/mol. The van der Waals surface area contributed by atoms with Gasteiger partial charge in [0.05, 0.1) is 17.2 Å². The summed E-state index contributed by atoms with van der Waals surface area (Å²) in [4.78, 5) is 4.93. The van der Waals surface area contributed by atoms with Crippen LogP contribution >= 0.6 is 15.9 Å². The van der Waals surface area contributed by atoms with Gasteiger partial charge >= 0.3 is 0 Å². The Bertz CT molecular complexity index is 672. The second-order valence-electron chi connectivity index (χ2n) is 10.3. The van der Waals surface area contributed by atoms with E-state index in [2.05, 4.69) is 65.7 Å². The molecule has 0 radical (unpaired) electrons. The lowest BCUT2D eigenvalue weighted by atomic mass is 9.64. The first-order chi connectivity index (χ1) is 13.6. The van der Waals surface area contributed by atoms with Gasteiger partial charge in [-0.25, -0.2) is 0 Å². The van der Waals surface area contributed by atoms with Gasteiger partial charge in [-0.05, 0) is 77.7 Å². The maximum Gasteiger partial charge on any atom is 0.133 e. The summed E-state index contributed by atoms with van der Waals surface area (Å²) in [5.41, 5.74) is 0.893. The second-order valence-corrected chi connectivity index (χ2v) is 11.1. The van der Waals surface area contributed by atoms with E-state index < -0.39 is 5.60 Å². The van der Waals surface area contributed by atoms with Crippen LogP contribution in [0, 0.1) is 11.3 Å². The Morgan fingerprint density at radius 2 is 1.79 bits per heavy atom. The van der Waals surface area contributed by atoms with Crippen LogP contribution in [-0.2, 0) is 0 Å². The molecule has 1 saturated carbocycles. The largest absolute Gasteiger partial charge is 0.496 e. The summed E-state index contributed by atoms with van der Waals surface area (Å²) in [6.07, 6.45) is 3.99. The van der Waals surface area contributed by atoms with E-state index in [1.54, 1.807) is 7.11 Å². The van der Waals surface area contributed by atoms with Crippen molar-refractivity contribution in [1.29, 1.82) is 0 Å². The fourth-order valence-corrected chi connectivity index (χ4v) is 5.66. The molecule has 0 spiro atoms. The van der Waals surface area contributed by atoms with Crippen molar-refractivity contribution in [3.8, 4) is 5.75 Å². The first kappa shape index (κ1) is 23.1. The van der Waals surface area contributed by atoms with Crippen LogP contribution in [0.4, 0.5) is 0 Å². The SMILES string of the molecule is COc1ccc(C(CN2CCN(C)CC2)C2(O)CCC(C(C)(C)C)CC2)cc1Br. The predicted octanol–water partition coefficient (Wildman–Crippen LogP) is 4.76. The molecule has 1 aromatic carbocycles. The third-order valence-corrected chi connectivity index (χ3v) is 7.96. The molecule has 1 aromatic rings. The Morgan fingerprint density at radius 3 is 2.31 bits per heavy atom. The first-order valence-corrected chi connectivity index (χ1v) is 11.9. The van der Waals surface area contributed by atoms with Crippen molar-refractivity contribution in [2.75, 3.05) is 46.9 Å². The maximum absolute atomic E-state index is 11.9. The monoisotopic (exact) mass is 466 g/mol. The summed E-state index contributed by atoms with van der Waals surface area (Å²) in [5.74, 6) is 1.65. The highest BCUT2D eigenvalue weighted by Crippen LogP contribution is 2.47. The standard InChI is InChI=1S/C24H39BrN2O2/c1-23(2,3)19-8-10-24(28,11-9-19)20(17-27-14-12-26(4)13-15-27)18-6-7-22(29-5)21(25)16-18/h6-7,16,19-20,28H,8-15,17H2,1-5H3. The highest BCUT2D eigenvalue weighted by atomic mass is 79.9. The van der Waals surface area contributed by atoms with Crippen LogP contribution in [0.25, 0.3) is 0 Å². The van der Waals surface area contributed by atoms with E-state index >= 15 is 0 Å². The number of rotatable bonds is 5. The van der Waals surface area contributed by atoms with E-state index in [1.165, 1.54) is 5.56 Å². The van der Waals surface area contributed by atoms with E-state index in [0.29, 0.717) is 11.3 Å². The van der Waals surface area contributed by atoms with Gasteiger partial charge in [0.2, 0.25) is 0 Å². The summed E-state index contributed by atoms with van der Waals surface area (Å²) in [5, 5.41) is 11.9. The molecule has 2 fully saturated rings. The van der Waals surface area contributed by atoms with Crippen molar-refractivity contribution in [3.05, 3.63) is 28.2 Å². The Kier molecular flexibility index (Phi) is 7.35. The molecule has 4 nitrogen and oxygen atoms in total. The number of nitrogens with zero attached hydrogens (tertiary/aromatic N) is 2. The minimum absolute atomic E-state index is 0.119. The van der Waals surface area contributed by atoms with Gasteiger partial charge in [0.1, 0.15) is 5.75 Å². The topological polar surface area (TPSA) is 35.9 Å². The fraction of sp³-hybridized carbons (Fsp3) is 0.750. The minimum atomic E-state index is -0.640. The van der Waals surface area contributed by atoms with Gasteiger partial charge in [-0.1, -0.05) is 26.8 Å². The van der Waals surface area contributed by atoms with Crippen LogP contribution in [0.2, 0.25) is 0 Å². The molecule has 0 bridgehead atoms. The molecular formula is C24H39BrN2O2. The number of benzene rings is 1. The zero-order chi connectivity index (χ0) is 21.2. The Labute approximate surface area is 185 Å². The number of halogens is 1. The third-order valence-electron chi connectivity index (χ3n) is 7.34. The van der Waals surface area contributed by atoms with Gasteiger partial charge in [-0.3, -0.25) is 0 Å². The van der Waals surface area contributed by atoms with E-state index in [4.69, 9.17) is 4.74 Å². The Balaban J connectivity index is 1.83. The second kappa shape index (κ2) is 9.25. The molecule has 0 amide bonds. The molecule has 5 heteroatoms. The van der Waals surface area contributed by atoms with Gasteiger partial charge in [-0.2, -0.15) is 0 Å². The molecule has 1 saturated heterocycles. The van der Waals surface area contributed by atoms with Gasteiger partial charge in [-0.15, -0.1) is 0 Å². The van der Waals surface area contributed by atoms with E-state index in [9.17, 15) is 5.11 Å². The van der Waals surface area contributed by atoms with Gasteiger partial charge < -0.3 is 19.6 Å². The maximum atomic E-state index is 11.9. The van der Waals surface area contributed by atoms with Crippen LogP contribution in [0.15, 0.2) is 22.7 Å². The molecule has 0 aromatic heterocycles. The van der Waals surface area contributed by atoms with Crippen molar-refractivity contribution < 1.29 is 9.84 Å². The molecule has 3 rings (SSSR count). The number of ether oxygens (including phenoxy) is 1. The third kappa shape index (κ3) is 5.55. The van der Waals surface area contributed by atoms with E-state index in [1.807, 2.05) is 6.07 Å². The lowest BCUT2D eigenvalue weighted by Gasteiger charge is -2.47. The van der Waals surface area contributed by atoms with Crippen molar-refractivity contribution >= 4 is 15.9 Å². The molecule has 164 valence electrons. The van der Waals surface area contributed by atoms with Crippen LogP contribution < -0.4 is 4.74 Å². The molecule has 2 aliphatic rings. The molecular weight excluding hydrogens is 428 g/mol. The van der Waals surface area contributed by atoms with Crippen LogP contribution in [0.5, 0.6) is 5.75 Å². The zero-order valence-electron chi connectivity index (χ0n) is 18.9. The summed E-state index contributed by atoms with van der Waals surface area (Å²) in [6, 6.07) is 6.34. The van der Waals surface area contributed by atoms with E-state index in [-0.39, 0.29) is 5.92 Å². The summed E-state index contributed by atoms with van der Waals surface area (Å²) in [6.45, 7) is 12.3. The predicted molar refractivity (Wildman–Crippen MR) is 124 cm³/mol. The molecule has 29 heavy (non-hydrogen) atoms.